The van der Waals surface area contributed by atoms with Gasteiger partial charge >= 0.3 is 0 Å². The van der Waals surface area contributed by atoms with E-state index in [1.807, 2.05) is 47.4 Å². The van der Waals surface area contributed by atoms with Crippen LogP contribution in [-0.4, -0.2) is 31.1 Å². The average Bonchev–Trinajstić information content (AvgIpc) is 2.96. The highest BCUT2D eigenvalue weighted by Gasteiger charge is 2.31. The van der Waals surface area contributed by atoms with Crippen LogP contribution in [0.4, 0.5) is 5.69 Å². The van der Waals surface area contributed by atoms with E-state index in [9.17, 15) is 4.79 Å². The van der Waals surface area contributed by atoms with Crippen LogP contribution in [0.15, 0.2) is 42.5 Å². The van der Waals surface area contributed by atoms with E-state index < -0.39 is 0 Å². The van der Waals surface area contributed by atoms with Crippen molar-refractivity contribution in [3.8, 4) is 11.5 Å². The molecule has 5 heteroatoms. The van der Waals surface area contributed by atoms with E-state index in [0.29, 0.717) is 18.7 Å². The Hall–Kier alpha value is -2.69. The zero-order valence-corrected chi connectivity index (χ0v) is 14.7. The number of ether oxygens (including phenoxy) is 2. The minimum Gasteiger partial charge on any atom is -0.493 e. The summed E-state index contributed by atoms with van der Waals surface area (Å²) in [4.78, 5) is 14.3. The Morgan fingerprint density at radius 1 is 1.04 bits per heavy atom. The zero-order chi connectivity index (χ0) is 17.8. The Bertz CT molecular complexity index is 743. The molecule has 1 saturated heterocycles. The Labute approximate surface area is 148 Å². The molecule has 5 nitrogen and oxygen atoms in total. The molecule has 0 bridgehead atoms. The summed E-state index contributed by atoms with van der Waals surface area (Å²) in [5.41, 5.74) is 8.71. The highest BCUT2D eigenvalue weighted by molar-refractivity contribution is 5.78. The SMILES string of the molecule is COc1ccc(C[C@@H]2CCC(=O)N2Cc2ccc(N)cc2)cc1OC. The molecule has 0 radical (unpaired) electrons. The highest BCUT2D eigenvalue weighted by Crippen LogP contribution is 2.30. The molecule has 0 unspecified atom stereocenters. The number of anilines is 1. The number of nitrogens with zero attached hydrogens (tertiary/aromatic N) is 1. The summed E-state index contributed by atoms with van der Waals surface area (Å²) in [7, 11) is 3.26. The lowest BCUT2D eigenvalue weighted by Crippen LogP contribution is -2.33. The van der Waals surface area contributed by atoms with E-state index >= 15 is 0 Å². The highest BCUT2D eigenvalue weighted by atomic mass is 16.5. The molecule has 3 rings (SSSR count). The largest absolute Gasteiger partial charge is 0.493 e. The van der Waals surface area contributed by atoms with Gasteiger partial charge in [-0.1, -0.05) is 18.2 Å². The van der Waals surface area contributed by atoms with E-state index in [1.165, 1.54) is 0 Å². The number of carbonyl (C=O) groups is 1. The Morgan fingerprint density at radius 3 is 2.40 bits per heavy atom. The molecule has 1 atom stereocenters. The maximum atomic E-state index is 12.3. The third kappa shape index (κ3) is 3.87. The second-order valence-electron chi connectivity index (χ2n) is 6.35. The molecule has 2 aromatic carbocycles. The average molecular weight is 340 g/mol. The molecule has 25 heavy (non-hydrogen) atoms. The number of likely N-dealkylation sites (tertiary alicyclic amines) is 1. The van der Waals surface area contributed by atoms with Gasteiger partial charge in [0, 0.05) is 24.7 Å². The van der Waals surface area contributed by atoms with Crippen molar-refractivity contribution < 1.29 is 14.3 Å². The quantitative estimate of drug-likeness (QED) is 0.821. The van der Waals surface area contributed by atoms with Crippen molar-refractivity contribution >= 4 is 11.6 Å². The fourth-order valence-corrected chi connectivity index (χ4v) is 3.32. The van der Waals surface area contributed by atoms with Gasteiger partial charge in [0.25, 0.3) is 0 Å². The summed E-state index contributed by atoms with van der Waals surface area (Å²) < 4.78 is 10.7. The van der Waals surface area contributed by atoms with Crippen molar-refractivity contribution in [3.05, 3.63) is 53.6 Å². The summed E-state index contributed by atoms with van der Waals surface area (Å²) in [6.45, 7) is 0.622. The van der Waals surface area contributed by atoms with Gasteiger partial charge in [-0.25, -0.2) is 0 Å². The van der Waals surface area contributed by atoms with Crippen molar-refractivity contribution in [2.24, 2.45) is 0 Å². The first-order chi connectivity index (χ1) is 12.1. The summed E-state index contributed by atoms with van der Waals surface area (Å²) in [6.07, 6.45) is 2.29. The second-order valence-corrected chi connectivity index (χ2v) is 6.35. The van der Waals surface area contributed by atoms with Gasteiger partial charge in [0.15, 0.2) is 11.5 Å². The van der Waals surface area contributed by atoms with Crippen molar-refractivity contribution in [2.45, 2.75) is 31.8 Å². The fraction of sp³-hybridized carbons (Fsp3) is 0.350. The number of nitrogens with two attached hydrogens (primary N) is 1. The molecule has 1 aliphatic rings. The summed E-state index contributed by atoms with van der Waals surface area (Å²) in [5, 5.41) is 0. The van der Waals surface area contributed by atoms with E-state index in [1.54, 1.807) is 14.2 Å². The number of carbonyl (C=O) groups excluding carboxylic acids is 1. The van der Waals surface area contributed by atoms with E-state index in [4.69, 9.17) is 15.2 Å². The molecule has 2 N–H and O–H groups in total. The first-order valence-corrected chi connectivity index (χ1v) is 8.45. The molecular weight excluding hydrogens is 316 g/mol. The summed E-state index contributed by atoms with van der Waals surface area (Å²) in [5.74, 6) is 1.64. The Balaban J connectivity index is 1.74. The summed E-state index contributed by atoms with van der Waals surface area (Å²) in [6, 6.07) is 13.8. The van der Waals surface area contributed by atoms with Crippen LogP contribution in [0.2, 0.25) is 0 Å². The number of rotatable bonds is 6. The van der Waals surface area contributed by atoms with Crippen LogP contribution >= 0.6 is 0 Å². The maximum absolute atomic E-state index is 12.3. The molecule has 0 saturated carbocycles. The lowest BCUT2D eigenvalue weighted by Gasteiger charge is -2.25. The van der Waals surface area contributed by atoms with Crippen LogP contribution < -0.4 is 15.2 Å². The topological polar surface area (TPSA) is 64.8 Å². The van der Waals surface area contributed by atoms with Crippen LogP contribution in [0, 0.1) is 0 Å². The van der Waals surface area contributed by atoms with Gasteiger partial charge in [-0.2, -0.15) is 0 Å². The lowest BCUT2D eigenvalue weighted by molar-refractivity contribution is -0.129. The summed E-state index contributed by atoms with van der Waals surface area (Å²) >= 11 is 0. The van der Waals surface area contributed by atoms with E-state index in [0.717, 1.165) is 35.4 Å². The molecule has 1 aliphatic heterocycles. The Morgan fingerprint density at radius 2 is 1.72 bits per heavy atom. The normalized spacial score (nSPS) is 17.0. The van der Waals surface area contributed by atoms with Gasteiger partial charge < -0.3 is 20.1 Å². The third-order valence-electron chi connectivity index (χ3n) is 4.70. The van der Waals surface area contributed by atoms with Gasteiger partial charge in [-0.05, 0) is 48.2 Å². The molecule has 1 heterocycles. The van der Waals surface area contributed by atoms with Crippen molar-refractivity contribution in [3.63, 3.8) is 0 Å². The number of hydrogen-bond donors (Lipinski definition) is 1. The number of amides is 1. The van der Waals surface area contributed by atoms with E-state index in [-0.39, 0.29) is 11.9 Å². The van der Waals surface area contributed by atoms with Crippen LogP contribution in [0.1, 0.15) is 24.0 Å². The number of methoxy groups -OCH3 is 2. The molecule has 132 valence electrons. The minimum absolute atomic E-state index is 0.197. The first kappa shape index (κ1) is 17.1. The predicted octanol–water partition coefficient (Wildman–Crippen LogP) is 3.02. The van der Waals surface area contributed by atoms with Crippen LogP contribution in [0.5, 0.6) is 11.5 Å². The van der Waals surface area contributed by atoms with Gasteiger partial charge in [-0.3, -0.25) is 4.79 Å². The minimum atomic E-state index is 0.197. The molecule has 2 aromatic rings. The molecule has 1 fully saturated rings. The van der Waals surface area contributed by atoms with Crippen molar-refractivity contribution in [1.29, 1.82) is 0 Å². The fourth-order valence-electron chi connectivity index (χ4n) is 3.32. The van der Waals surface area contributed by atoms with E-state index in [2.05, 4.69) is 0 Å². The molecule has 0 aromatic heterocycles. The van der Waals surface area contributed by atoms with Crippen LogP contribution in [-0.2, 0) is 17.8 Å². The van der Waals surface area contributed by atoms with Crippen LogP contribution in [0.3, 0.4) is 0 Å². The number of hydrogen-bond acceptors (Lipinski definition) is 4. The van der Waals surface area contributed by atoms with Gasteiger partial charge in [-0.15, -0.1) is 0 Å². The zero-order valence-electron chi connectivity index (χ0n) is 14.7. The monoisotopic (exact) mass is 340 g/mol. The lowest BCUT2D eigenvalue weighted by atomic mass is 10.0. The standard InChI is InChI=1S/C20H24N2O3/c1-24-18-9-5-15(12-19(18)25-2)11-17-8-10-20(23)22(17)13-14-3-6-16(21)7-4-14/h3-7,9,12,17H,8,10-11,13,21H2,1-2H3/t17-/m0/s1. The van der Waals surface area contributed by atoms with Gasteiger partial charge in [0.05, 0.1) is 14.2 Å². The first-order valence-electron chi connectivity index (χ1n) is 8.45. The molecular formula is C20H24N2O3. The molecule has 0 aliphatic carbocycles. The van der Waals surface area contributed by atoms with Gasteiger partial charge in [0.2, 0.25) is 5.91 Å². The maximum Gasteiger partial charge on any atom is 0.223 e. The van der Waals surface area contributed by atoms with Gasteiger partial charge in [0.1, 0.15) is 0 Å². The number of nitrogen functional groups attached to an aromatic ring is 1. The van der Waals surface area contributed by atoms with Crippen molar-refractivity contribution in [1.82, 2.24) is 4.90 Å². The molecule has 0 spiro atoms. The predicted molar refractivity (Wildman–Crippen MR) is 97.7 cm³/mol. The van der Waals surface area contributed by atoms with Crippen LogP contribution in [0.25, 0.3) is 0 Å². The van der Waals surface area contributed by atoms with Crippen molar-refractivity contribution in [2.75, 3.05) is 20.0 Å². The second kappa shape index (κ2) is 7.47. The number of benzene rings is 2. The third-order valence-corrected chi connectivity index (χ3v) is 4.70. The molecule has 1 amide bonds. The smallest absolute Gasteiger partial charge is 0.223 e. The Kier molecular flexibility index (Phi) is 5.12.